The Morgan fingerprint density at radius 1 is 1.12 bits per heavy atom. The van der Waals surface area contributed by atoms with Gasteiger partial charge in [-0.15, -0.1) is 11.3 Å². The summed E-state index contributed by atoms with van der Waals surface area (Å²) in [6.45, 7) is 0.790. The highest BCUT2D eigenvalue weighted by atomic mass is 32.1. The Morgan fingerprint density at radius 2 is 1.88 bits per heavy atom. The van der Waals surface area contributed by atoms with E-state index in [1.165, 1.54) is 0 Å². The van der Waals surface area contributed by atoms with Crippen LogP contribution in [0.1, 0.15) is 38.5 Å². The second kappa shape index (κ2) is 9.36. The van der Waals surface area contributed by atoms with Crippen molar-refractivity contribution in [2.75, 3.05) is 18.5 Å². The molecule has 0 bridgehead atoms. The van der Waals surface area contributed by atoms with E-state index in [2.05, 4.69) is 20.6 Å². The molecule has 2 aromatic heterocycles. The first-order chi connectivity index (χ1) is 16.0. The number of nitrogens with one attached hydrogen (secondary N) is 2. The molecule has 2 aromatic rings. The zero-order valence-electron chi connectivity index (χ0n) is 18.2. The number of nitrogens with zero attached hydrogens (tertiary/aromatic N) is 2. The standard InChI is InChI=1S/C23H28N4O5S/c28-18(10-23(11-19(29)30)6-1-2-7-23)25-15-12-31-21-16(13-32-20(15)21)27-22-24-8-5-14(26-22)17-4-3-9-33-17/h3-5,8-9,15-16,20-21H,1-2,6-7,10-13H2,(H,25,28)(H,29,30)(H,24,26,27). The Bertz CT molecular complexity index is 994. The van der Waals surface area contributed by atoms with Crippen LogP contribution >= 0.6 is 11.3 Å². The lowest BCUT2D eigenvalue weighted by Crippen LogP contribution is -2.46. The summed E-state index contributed by atoms with van der Waals surface area (Å²) in [7, 11) is 0. The molecule has 4 heterocycles. The van der Waals surface area contributed by atoms with Crippen molar-refractivity contribution in [3.8, 4) is 10.6 Å². The van der Waals surface area contributed by atoms with E-state index < -0.39 is 11.4 Å². The molecule has 10 heteroatoms. The molecule has 3 N–H and O–H groups in total. The van der Waals surface area contributed by atoms with Gasteiger partial charge in [0.25, 0.3) is 0 Å². The van der Waals surface area contributed by atoms with E-state index in [9.17, 15) is 14.7 Å². The number of carboxylic acid groups (broad SMARTS) is 1. The maximum atomic E-state index is 12.8. The Labute approximate surface area is 195 Å². The average Bonchev–Trinajstić information content (AvgIpc) is 3.56. The van der Waals surface area contributed by atoms with Crippen molar-refractivity contribution in [1.82, 2.24) is 15.3 Å². The molecular weight excluding hydrogens is 444 g/mol. The summed E-state index contributed by atoms with van der Waals surface area (Å²) in [6, 6.07) is 5.51. The zero-order chi connectivity index (χ0) is 22.8. The number of carbonyl (C=O) groups is 2. The van der Waals surface area contributed by atoms with Crippen LogP contribution in [0.5, 0.6) is 0 Å². The zero-order valence-corrected chi connectivity index (χ0v) is 19.1. The van der Waals surface area contributed by atoms with Gasteiger partial charge in [-0.25, -0.2) is 9.97 Å². The first-order valence-corrected chi connectivity index (χ1v) is 12.3. The van der Waals surface area contributed by atoms with E-state index in [4.69, 9.17) is 9.47 Å². The number of thiophene rings is 1. The highest BCUT2D eigenvalue weighted by Crippen LogP contribution is 2.44. The van der Waals surface area contributed by atoms with Crippen LogP contribution in [0.4, 0.5) is 5.95 Å². The van der Waals surface area contributed by atoms with Crippen LogP contribution in [0.2, 0.25) is 0 Å². The molecule has 3 fully saturated rings. The topological polar surface area (TPSA) is 123 Å². The first-order valence-electron chi connectivity index (χ1n) is 11.4. The van der Waals surface area contributed by atoms with Crippen molar-refractivity contribution in [3.63, 3.8) is 0 Å². The van der Waals surface area contributed by atoms with Crippen molar-refractivity contribution >= 4 is 29.2 Å². The van der Waals surface area contributed by atoms with Gasteiger partial charge in [0, 0.05) is 12.6 Å². The van der Waals surface area contributed by atoms with Crippen LogP contribution in [0.25, 0.3) is 10.6 Å². The molecule has 2 aliphatic heterocycles. The minimum absolute atomic E-state index is 0.0423. The highest BCUT2D eigenvalue weighted by Gasteiger charge is 2.49. The van der Waals surface area contributed by atoms with Gasteiger partial charge in [0.1, 0.15) is 12.2 Å². The van der Waals surface area contributed by atoms with Gasteiger partial charge in [-0.3, -0.25) is 9.59 Å². The summed E-state index contributed by atoms with van der Waals surface area (Å²) in [6.07, 6.45) is 5.05. The summed E-state index contributed by atoms with van der Waals surface area (Å²) in [5.41, 5.74) is 0.429. The Kier molecular flexibility index (Phi) is 6.31. The van der Waals surface area contributed by atoms with Crippen LogP contribution in [0.3, 0.4) is 0 Å². The van der Waals surface area contributed by atoms with Gasteiger partial charge < -0.3 is 25.2 Å². The second-order valence-corrected chi connectivity index (χ2v) is 10.2. The third-order valence-electron chi connectivity index (χ3n) is 6.87. The summed E-state index contributed by atoms with van der Waals surface area (Å²) >= 11 is 1.62. The van der Waals surface area contributed by atoms with Crippen molar-refractivity contribution < 1.29 is 24.2 Å². The molecule has 1 aliphatic carbocycles. The lowest BCUT2D eigenvalue weighted by atomic mass is 9.79. The van der Waals surface area contributed by atoms with Crippen LogP contribution in [-0.4, -0.2) is 64.5 Å². The molecule has 3 aliphatic rings. The normalized spacial score (nSPS) is 27.9. The summed E-state index contributed by atoms with van der Waals surface area (Å²) in [5.74, 6) is -0.449. The largest absolute Gasteiger partial charge is 0.481 e. The number of carbonyl (C=O) groups excluding carboxylic acids is 1. The molecule has 2 saturated heterocycles. The molecule has 0 radical (unpaired) electrons. The van der Waals surface area contributed by atoms with E-state index in [0.29, 0.717) is 19.2 Å². The third kappa shape index (κ3) is 4.87. The fourth-order valence-electron chi connectivity index (χ4n) is 5.36. The Morgan fingerprint density at radius 3 is 2.61 bits per heavy atom. The van der Waals surface area contributed by atoms with E-state index in [-0.39, 0.29) is 43.0 Å². The molecule has 4 atom stereocenters. The molecular formula is C23H28N4O5S. The number of hydrogen-bond donors (Lipinski definition) is 3. The number of fused-ring (bicyclic) bond motifs is 1. The molecule has 176 valence electrons. The van der Waals surface area contributed by atoms with Crippen molar-refractivity contribution in [3.05, 3.63) is 29.8 Å². The average molecular weight is 473 g/mol. The summed E-state index contributed by atoms with van der Waals surface area (Å²) < 4.78 is 12.0. The maximum absolute atomic E-state index is 12.8. The predicted octanol–water partition coefficient (Wildman–Crippen LogP) is 2.69. The SMILES string of the molecule is O=C(O)CC1(CC(=O)NC2COC3C(Nc4nccc(-c5cccs5)n4)COC23)CCCC1. The summed E-state index contributed by atoms with van der Waals surface area (Å²) in [5, 5.41) is 17.7. The fourth-order valence-corrected chi connectivity index (χ4v) is 6.06. The van der Waals surface area contributed by atoms with Gasteiger partial charge in [-0.1, -0.05) is 18.9 Å². The first kappa shape index (κ1) is 22.2. The monoisotopic (exact) mass is 472 g/mol. The van der Waals surface area contributed by atoms with Crippen LogP contribution in [0, 0.1) is 5.41 Å². The molecule has 1 saturated carbocycles. The van der Waals surface area contributed by atoms with Crippen LogP contribution in [0.15, 0.2) is 29.8 Å². The maximum Gasteiger partial charge on any atom is 0.303 e. The number of aromatic nitrogens is 2. The van der Waals surface area contributed by atoms with Gasteiger partial charge in [-0.05, 0) is 35.8 Å². The van der Waals surface area contributed by atoms with Gasteiger partial charge in [-0.2, -0.15) is 0 Å². The number of amides is 1. The van der Waals surface area contributed by atoms with Gasteiger partial charge in [0.15, 0.2) is 0 Å². The smallest absolute Gasteiger partial charge is 0.303 e. The minimum atomic E-state index is -0.840. The molecule has 0 spiro atoms. The molecule has 4 unspecified atom stereocenters. The fraction of sp³-hybridized carbons (Fsp3) is 0.565. The van der Waals surface area contributed by atoms with E-state index in [1.807, 2.05) is 23.6 Å². The highest BCUT2D eigenvalue weighted by molar-refractivity contribution is 7.13. The van der Waals surface area contributed by atoms with E-state index >= 15 is 0 Å². The molecule has 33 heavy (non-hydrogen) atoms. The lowest BCUT2D eigenvalue weighted by Gasteiger charge is -2.27. The lowest BCUT2D eigenvalue weighted by molar-refractivity contribution is -0.140. The minimum Gasteiger partial charge on any atom is -0.481 e. The quantitative estimate of drug-likeness (QED) is 0.536. The van der Waals surface area contributed by atoms with Gasteiger partial charge in [0.2, 0.25) is 11.9 Å². The molecule has 9 nitrogen and oxygen atoms in total. The molecule has 1 amide bonds. The van der Waals surface area contributed by atoms with E-state index in [1.54, 1.807) is 17.5 Å². The molecule has 5 rings (SSSR count). The van der Waals surface area contributed by atoms with Crippen LogP contribution in [-0.2, 0) is 19.1 Å². The Balaban J connectivity index is 1.18. The Hall–Kier alpha value is -2.56. The number of carboxylic acids is 1. The van der Waals surface area contributed by atoms with Gasteiger partial charge >= 0.3 is 5.97 Å². The second-order valence-electron chi connectivity index (χ2n) is 9.22. The number of hydrogen-bond acceptors (Lipinski definition) is 8. The van der Waals surface area contributed by atoms with Gasteiger partial charge in [0.05, 0.1) is 42.3 Å². The summed E-state index contributed by atoms with van der Waals surface area (Å²) in [4.78, 5) is 34.1. The number of anilines is 1. The van der Waals surface area contributed by atoms with Crippen LogP contribution < -0.4 is 10.6 Å². The van der Waals surface area contributed by atoms with E-state index in [0.717, 1.165) is 36.3 Å². The predicted molar refractivity (Wildman–Crippen MR) is 122 cm³/mol. The molecule has 0 aromatic carbocycles. The number of rotatable bonds is 8. The number of aliphatic carboxylic acids is 1. The van der Waals surface area contributed by atoms with Crippen molar-refractivity contribution in [2.24, 2.45) is 5.41 Å². The van der Waals surface area contributed by atoms with Crippen molar-refractivity contribution in [2.45, 2.75) is 62.8 Å². The number of ether oxygens (including phenoxy) is 2. The third-order valence-corrected chi connectivity index (χ3v) is 7.76. The van der Waals surface area contributed by atoms with Crippen molar-refractivity contribution in [1.29, 1.82) is 0 Å².